The van der Waals surface area contributed by atoms with Gasteiger partial charge < -0.3 is 0 Å². The summed E-state index contributed by atoms with van der Waals surface area (Å²) in [6.45, 7) is 1.78. The van der Waals surface area contributed by atoms with Crippen molar-refractivity contribution in [1.29, 1.82) is 0 Å². The van der Waals surface area contributed by atoms with E-state index in [1.54, 1.807) is 6.92 Å². The fraction of sp³-hybridized carbons (Fsp3) is 0.957. The number of hydrogen-bond acceptors (Lipinski definition) is 4. The molecule has 1 rings (SSSR count). The highest BCUT2D eigenvalue weighted by molar-refractivity contribution is 8.03. The van der Waals surface area contributed by atoms with Crippen LogP contribution in [-0.4, -0.2) is 72.7 Å². The van der Waals surface area contributed by atoms with Crippen molar-refractivity contribution in [2.75, 3.05) is 11.5 Å². The van der Waals surface area contributed by atoms with Crippen LogP contribution in [0.4, 0.5) is 74.6 Å². The molecule has 0 N–H and O–H groups in total. The van der Waals surface area contributed by atoms with E-state index in [2.05, 4.69) is 3.63 Å². The second-order valence-electron chi connectivity index (χ2n) is 10.6. The van der Waals surface area contributed by atoms with Crippen molar-refractivity contribution in [2.24, 2.45) is 5.92 Å². The predicted molar refractivity (Wildman–Crippen MR) is 128 cm³/mol. The molecule has 1 aliphatic rings. The lowest BCUT2D eigenvalue weighted by Crippen LogP contribution is -2.75. The fourth-order valence-corrected chi connectivity index (χ4v) is 7.90. The lowest BCUT2D eigenvalue weighted by atomic mass is 9.91. The summed E-state index contributed by atoms with van der Waals surface area (Å²) < 4.78 is 259. The van der Waals surface area contributed by atoms with Crippen molar-refractivity contribution >= 4 is 27.1 Å². The molecule has 0 amide bonds. The Morgan fingerprint density at radius 3 is 1.52 bits per heavy atom. The van der Waals surface area contributed by atoms with Crippen LogP contribution in [0, 0.1) is 5.92 Å². The molecule has 0 aliphatic heterocycles. The van der Waals surface area contributed by atoms with Crippen LogP contribution in [0.25, 0.3) is 0 Å². The maximum Gasteiger partial charge on any atom is 0.460 e. The summed E-state index contributed by atoms with van der Waals surface area (Å²) in [5.74, 6) is -55.3. The van der Waals surface area contributed by atoms with Gasteiger partial charge in [-0.3, -0.25) is 4.79 Å². The van der Waals surface area contributed by atoms with Gasteiger partial charge in [-0.25, -0.2) is 0 Å². The number of rotatable bonds is 18. The predicted octanol–water partition coefficient (Wildman–Crippen LogP) is 8.95. The third-order valence-corrected chi connectivity index (χ3v) is 10.8. The molecule has 274 valence electrons. The molecule has 0 aromatic carbocycles. The van der Waals surface area contributed by atoms with E-state index in [0.29, 0.717) is 38.5 Å². The Balaban J connectivity index is 3.53. The summed E-state index contributed by atoms with van der Waals surface area (Å²) in [5.41, 5.74) is 0. The van der Waals surface area contributed by atoms with Crippen LogP contribution in [0.2, 0.25) is 0 Å². The first kappa shape index (κ1) is 42.8. The summed E-state index contributed by atoms with van der Waals surface area (Å²) in [5, 5.41) is -7.76. The molecule has 46 heavy (non-hydrogen) atoms. The molecular formula is C23H28F17O4S2+. The molecule has 1 fully saturated rings. The quantitative estimate of drug-likeness (QED) is 0.0797. The molecule has 0 aromatic heterocycles. The van der Waals surface area contributed by atoms with Crippen LogP contribution in [0.3, 0.4) is 0 Å². The average molecular weight is 756 g/mol. The standard InChI is InChI=1S/C23H28F17O4S2/c1-2-3-4-8-11-15(41)13-45(12-14-9-6-5-7-10-14)44-46(42,43)23(39,40)21(34,35)19(30,31)17(26,27)16(24,25)18(28,29)20(32,33)22(36,37)38/h14H,2-13H2,1H3/q+1. The minimum atomic E-state index is -8.92. The molecule has 1 unspecified atom stereocenters. The minimum absolute atomic E-state index is 0.168. The Labute approximate surface area is 254 Å². The number of Topliss-reactive ketones (excluding diaryl/α,β-unsaturated/α-hetero) is 1. The smallest absolute Gasteiger partial charge is 0.294 e. The van der Waals surface area contributed by atoms with Gasteiger partial charge in [0.05, 0.1) is 0 Å². The highest BCUT2D eigenvalue weighted by Gasteiger charge is 2.96. The molecule has 1 saturated carbocycles. The number of carbonyl (C=O) groups is 1. The molecular weight excluding hydrogens is 727 g/mol. The highest BCUT2D eigenvalue weighted by Crippen LogP contribution is 2.64. The summed E-state index contributed by atoms with van der Waals surface area (Å²) in [4.78, 5) is 12.3. The third-order valence-electron chi connectivity index (χ3n) is 6.97. The van der Waals surface area contributed by atoms with Gasteiger partial charge >= 0.3 is 57.1 Å². The van der Waals surface area contributed by atoms with Gasteiger partial charge in [-0.05, 0) is 22.9 Å². The van der Waals surface area contributed by atoms with E-state index in [1.807, 2.05) is 0 Å². The number of hydrogen-bond donors (Lipinski definition) is 0. The van der Waals surface area contributed by atoms with Gasteiger partial charge in [-0.15, -0.1) is 0 Å². The van der Waals surface area contributed by atoms with Crippen molar-refractivity contribution in [3.8, 4) is 0 Å². The number of unbranched alkanes of at least 4 members (excludes halogenated alkanes) is 3. The molecule has 1 aliphatic carbocycles. The second kappa shape index (κ2) is 14.3. The molecule has 0 bridgehead atoms. The van der Waals surface area contributed by atoms with E-state index < -0.39 is 91.5 Å². The molecule has 0 aromatic rings. The molecule has 4 nitrogen and oxygen atoms in total. The SMILES string of the molecule is CCCCCCC(=O)C[S+](CC1CCCCC1)OS(=O)(=O)C(F)(F)C(F)(F)C(F)(F)C(F)(F)C(F)(F)C(F)(F)C(F)(F)C(F)(F)F. The largest absolute Gasteiger partial charge is 0.460 e. The zero-order chi connectivity index (χ0) is 36.4. The van der Waals surface area contributed by atoms with E-state index in [4.69, 9.17) is 0 Å². The van der Waals surface area contributed by atoms with E-state index in [-0.39, 0.29) is 25.7 Å². The summed E-state index contributed by atoms with van der Waals surface area (Å²) >= 11 is -2.69. The van der Waals surface area contributed by atoms with Crippen molar-refractivity contribution in [2.45, 2.75) is 118 Å². The van der Waals surface area contributed by atoms with E-state index >= 15 is 0 Å². The molecule has 0 spiro atoms. The van der Waals surface area contributed by atoms with Crippen LogP contribution in [0.15, 0.2) is 0 Å². The van der Waals surface area contributed by atoms with Gasteiger partial charge in [0.2, 0.25) is 5.75 Å². The van der Waals surface area contributed by atoms with Gasteiger partial charge in [0.1, 0.15) is 5.75 Å². The van der Waals surface area contributed by atoms with Crippen molar-refractivity contribution in [3.63, 3.8) is 0 Å². The van der Waals surface area contributed by atoms with E-state index in [9.17, 15) is 87.8 Å². The third kappa shape index (κ3) is 7.79. The van der Waals surface area contributed by atoms with E-state index in [0.717, 1.165) is 0 Å². The Kier molecular flexibility index (Phi) is 13.3. The molecule has 1 atom stereocenters. The van der Waals surface area contributed by atoms with Crippen LogP contribution in [0.5, 0.6) is 0 Å². The second-order valence-corrected chi connectivity index (χ2v) is 14.1. The first-order valence-corrected chi connectivity index (χ1v) is 16.2. The lowest BCUT2D eigenvalue weighted by molar-refractivity contribution is -0.458. The number of alkyl halides is 17. The zero-order valence-electron chi connectivity index (χ0n) is 23.4. The van der Waals surface area contributed by atoms with Gasteiger partial charge in [0.15, 0.2) is 17.0 Å². The Morgan fingerprint density at radius 1 is 0.652 bits per heavy atom. The Hall–Kier alpha value is -1.26. The summed E-state index contributed by atoms with van der Waals surface area (Å²) in [6.07, 6.45) is -4.23. The fourth-order valence-electron chi connectivity index (χ4n) is 4.20. The first-order valence-electron chi connectivity index (χ1n) is 13.3. The average Bonchev–Trinajstić information content (AvgIpc) is 2.90. The van der Waals surface area contributed by atoms with Crippen molar-refractivity contribution in [1.82, 2.24) is 0 Å². The lowest BCUT2D eigenvalue weighted by Gasteiger charge is -2.42. The number of carbonyl (C=O) groups excluding carboxylic acids is 1. The van der Waals surface area contributed by atoms with Crippen molar-refractivity contribution < 1.29 is 91.5 Å². The summed E-state index contributed by atoms with van der Waals surface area (Å²) in [6, 6.07) is 0. The Morgan fingerprint density at radius 2 is 1.09 bits per heavy atom. The van der Waals surface area contributed by atoms with Gasteiger partial charge in [0.25, 0.3) is 0 Å². The molecule has 0 saturated heterocycles. The monoisotopic (exact) mass is 755 g/mol. The molecule has 23 heteroatoms. The van der Waals surface area contributed by atoms with Crippen LogP contribution >= 0.6 is 0 Å². The van der Waals surface area contributed by atoms with Crippen LogP contribution in [0.1, 0.15) is 71.1 Å². The zero-order valence-corrected chi connectivity index (χ0v) is 25.1. The summed E-state index contributed by atoms with van der Waals surface area (Å²) in [7, 11) is -7.72. The van der Waals surface area contributed by atoms with E-state index in [1.165, 1.54) is 0 Å². The molecule has 0 heterocycles. The molecule has 0 radical (unpaired) electrons. The normalized spacial score (nSPS) is 18.1. The first-order chi connectivity index (χ1) is 20.4. The topological polar surface area (TPSA) is 60.4 Å². The minimum Gasteiger partial charge on any atom is -0.294 e. The Bertz CT molecular complexity index is 1130. The number of halogens is 17. The maximum atomic E-state index is 14.6. The van der Waals surface area contributed by atoms with Crippen LogP contribution < -0.4 is 0 Å². The highest BCUT2D eigenvalue weighted by atomic mass is 32.3. The van der Waals surface area contributed by atoms with Gasteiger partial charge in [-0.2, -0.15) is 83.1 Å². The van der Waals surface area contributed by atoms with Crippen molar-refractivity contribution in [3.05, 3.63) is 0 Å². The van der Waals surface area contributed by atoms with Gasteiger partial charge in [0, 0.05) is 12.3 Å². The van der Waals surface area contributed by atoms with Gasteiger partial charge in [-0.1, -0.05) is 45.4 Å². The number of ketones is 1. The van der Waals surface area contributed by atoms with Crippen LogP contribution in [-0.2, 0) is 29.7 Å². The maximum absolute atomic E-state index is 14.6.